The fourth-order valence-electron chi connectivity index (χ4n) is 2.13. The molecule has 0 aromatic heterocycles. The van der Waals surface area contributed by atoms with Crippen molar-refractivity contribution in [2.24, 2.45) is 0 Å². The molecular weight excluding hydrogens is 260 g/mol. The maximum Gasteiger partial charge on any atom is 0.332 e. The van der Waals surface area contributed by atoms with Crippen molar-refractivity contribution in [3.8, 4) is 0 Å². The third kappa shape index (κ3) is 3.27. The summed E-state index contributed by atoms with van der Waals surface area (Å²) in [5, 5.41) is 11.6. The summed E-state index contributed by atoms with van der Waals surface area (Å²) in [7, 11) is 0. The molecular formula is C14H18N2O4. The Labute approximate surface area is 116 Å². The van der Waals surface area contributed by atoms with Gasteiger partial charge in [-0.25, -0.2) is 4.79 Å². The van der Waals surface area contributed by atoms with Crippen LogP contribution in [-0.4, -0.2) is 35.7 Å². The Hall–Kier alpha value is -2.08. The van der Waals surface area contributed by atoms with Crippen LogP contribution in [0, 0.1) is 6.92 Å². The lowest BCUT2D eigenvalue weighted by Gasteiger charge is -2.12. The molecule has 1 fully saturated rings. The van der Waals surface area contributed by atoms with Crippen LogP contribution in [0.2, 0.25) is 0 Å². The molecule has 20 heavy (non-hydrogen) atoms. The summed E-state index contributed by atoms with van der Waals surface area (Å²) < 4.78 is 5.31. The summed E-state index contributed by atoms with van der Waals surface area (Å²) in [6.45, 7) is 2.17. The van der Waals surface area contributed by atoms with Gasteiger partial charge in [0.1, 0.15) is 0 Å². The standard InChI is InChI=1S/C14H18N2O4/c1-8-2-3-9(6-11(8)15)13(17)16-7-10-4-5-12(20-10)14(18)19/h2-3,6,10,12H,4-5,7,15H2,1H3,(H,16,17)(H,18,19). The van der Waals surface area contributed by atoms with Crippen molar-refractivity contribution in [1.82, 2.24) is 5.32 Å². The van der Waals surface area contributed by atoms with Crippen molar-refractivity contribution in [2.45, 2.75) is 32.0 Å². The van der Waals surface area contributed by atoms with Crippen LogP contribution >= 0.6 is 0 Å². The Balaban J connectivity index is 1.86. The number of ether oxygens (including phenoxy) is 1. The molecule has 0 aliphatic carbocycles. The smallest absolute Gasteiger partial charge is 0.332 e. The van der Waals surface area contributed by atoms with E-state index < -0.39 is 12.1 Å². The minimum absolute atomic E-state index is 0.237. The van der Waals surface area contributed by atoms with E-state index in [1.165, 1.54) is 0 Å². The largest absolute Gasteiger partial charge is 0.479 e. The lowest BCUT2D eigenvalue weighted by Crippen LogP contribution is -2.33. The van der Waals surface area contributed by atoms with Gasteiger partial charge in [0.05, 0.1) is 6.10 Å². The van der Waals surface area contributed by atoms with Gasteiger partial charge in [-0.05, 0) is 37.5 Å². The Morgan fingerprint density at radius 2 is 2.20 bits per heavy atom. The van der Waals surface area contributed by atoms with Crippen LogP contribution in [0.5, 0.6) is 0 Å². The summed E-state index contributed by atoms with van der Waals surface area (Å²) in [6, 6.07) is 5.12. The molecule has 1 aromatic carbocycles. The molecule has 6 nitrogen and oxygen atoms in total. The Bertz CT molecular complexity index is 530. The first-order valence-electron chi connectivity index (χ1n) is 6.50. The number of hydrogen-bond acceptors (Lipinski definition) is 4. The first-order chi connectivity index (χ1) is 9.47. The average Bonchev–Trinajstić information content (AvgIpc) is 2.88. The van der Waals surface area contributed by atoms with Crippen LogP contribution in [0.1, 0.15) is 28.8 Å². The van der Waals surface area contributed by atoms with E-state index in [0.29, 0.717) is 30.6 Å². The molecule has 6 heteroatoms. The predicted molar refractivity (Wildman–Crippen MR) is 73.5 cm³/mol. The number of nitrogens with two attached hydrogens (primary N) is 1. The van der Waals surface area contributed by atoms with Crippen LogP contribution in [-0.2, 0) is 9.53 Å². The molecule has 1 amide bonds. The van der Waals surface area contributed by atoms with Crippen LogP contribution < -0.4 is 11.1 Å². The molecule has 1 saturated heterocycles. The number of carboxylic acid groups (broad SMARTS) is 1. The topological polar surface area (TPSA) is 102 Å². The monoisotopic (exact) mass is 278 g/mol. The van der Waals surface area contributed by atoms with E-state index in [1.54, 1.807) is 18.2 Å². The van der Waals surface area contributed by atoms with Gasteiger partial charge in [0, 0.05) is 17.8 Å². The number of aryl methyl sites for hydroxylation is 1. The maximum atomic E-state index is 11.9. The third-order valence-corrected chi connectivity index (χ3v) is 3.41. The highest BCUT2D eigenvalue weighted by Crippen LogP contribution is 2.19. The molecule has 2 unspecified atom stereocenters. The fourth-order valence-corrected chi connectivity index (χ4v) is 2.13. The van der Waals surface area contributed by atoms with Gasteiger partial charge in [-0.15, -0.1) is 0 Å². The van der Waals surface area contributed by atoms with Crippen molar-refractivity contribution >= 4 is 17.6 Å². The Morgan fingerprint density at radius 3 is 2.80 bits per heavy atom. The number of carbonyl (C=O) groups is 2. The van der Waals surface area contributed by atoms with Crippen molar-refractivity contribution < 1.29 is 19.4 Å². The lowest BCUT2D eigenvalue weighted by molar-refractivity contribution is -0.149. The molecule has 108 valence electrons. The molecule has 0 radical (unpaired) electrons. The number of aliphatic carboxylic acids is 1. The van der Waals surface area contributed by atoms with Crippen molar-refractivity contribution in [3.63, 3.8) is 0 Å². The van der Waals surface area contributed by atoms with Gasteiger partial charge < -0.3 is 20.9 Å². The van der Waals surface area contributed by atoms with Gasteiger partial charge in [0.25, 0.3) is 5.91 Å². The second-order valence-corrected chi connectivity index (χ2v) is 4.94. The fraction of sp³-hybridized carbons (Fsp3) is 0.429. The maximum absolute atomic E-state index is 11.9. The first-order valence-corrected chi connectivity index (χ1v) is 6.50. The van der Waals surface area contributed by atoms with Crippen molar-refractivity contribution in [2.75, 3.05) is 12.3 Å². The van der Waals surface area contributed by atoms with E-state index in [1.807, 2.05) is 6.92 Å². The van der Waals surface area contributed by atoms with Gasteiger partial charge in [-0.2, -0.15) is 0 Å². The Kier molecular flexibility index (Phi) is 4.24. The molecule has 1 aliphatic heterocycles. The summed E-state index contributed by atoms with van der Waals surface area (Å²) in [4.78, 5) is 22.7. The summed E-state index contributed by atoms with van der Waals surface area (Å²) >= 11 is 0. The van der Waals surface area contributed by atoms with Crippen LogP contribution in [0.25, 0.3) is 0 Å². The summed E-state index contributed by atoms with van der Waals surface area (Å²) in [5.74, 6) is -1.19. The zero-order valence-corrected chi connectivity index (χ0v) is 11.3. The van der Waals surface area contributed by atoms with Gasteiger partial charge in [0.2, 0.25) is 0 Å². The number of nitrogens with one attached hydrogen (secondary N) is 1. The molecule has 2 rings (SSSR count). The zero-order chi connectivity index (χ0) is 14.7. The highest BCUT2D eigenvalue weighted by Gasteiger charge is 2.30. The Morgan fingerprint density at radius 1 is 1.45 bits per heavy atom. The van der Waals surface area contributed by atoms with E-state index in [2.05, 4.69) is 5.32 Å². The lowest BCUT2D eigenvalue weighted by atomic mass is 10.1. The normalized spacial score (nSPS) is 21.6. The van der Waals surface area contributed by atoms with Gasteiger partial charge in [0.15, 0.2) is 6.10 Å². The second-order valence-electron chi connectivity index (χ2n) is 4.94. The minimum Gasteiger partial charge on any atom is -0.479 e. The summed E-state index contributed by atoms with van der Waals surface area (Å²) in [5.41, 5.74) is 7.74. The molecule has 0 saturated carbocycles. The number of carbonyl (C=O) groups excluding carboxylic acids is 1. The van der Waals surface area contributed by atoms with E-state index in [9.17, 15) is 9.59 Å². The number of amides is 1. The van der Waals surface area contributed by atoms with Crippen molar-refractivity contribution in [1.29, 1.82) is 0 Å². The zero-order valence-electron chi connectivity index (χ0n) is 11.3. The molecule has 1 aromatic rings. The van der Waals surface area contributed by atoms with E-state index in [4.69, 9.17) is 15.6 Å². The molecule has 0 bridgehead atoms. The number of anilines is 1. The average molecular weight is 278 g/mol. The van der Waals surface area contributed by atoms with E-state index >= 15 is 0 Å². The van der Waals surface area contributed by atoms with Crippen LogP contribution in [0.4, 0.5) is 5.69 Å². The number of nitrogen functional groups attached to an aromatic ring is 1. The number of benzene rings is 1. The van der Waals surface area contributed by atoms with Crippen LogP contribution in [0.15, 0.2) is 18.2 Å². The number of hydrogen-bond donors (Lipinski definition) is 3. The van der Waals surface area contributed by atoms with E-state index in [-0.39, 0.29) is 12.0 Å². The summed E-state index contributed by atoms with van der Waals surface area (Å²) in [6.07, 6.45) is 0.107. The minimum atomic E-state index is -0.954. The SMILES string of the molecule is Cc1ccc(C(=O)NCC2CCC(C(=O)O)O2)cc1N. The molecule has 0 spiro atoms. The molecule has 4 N–H and O–H groups in total. The van der Waals surface area contributed by atoms with Gasteiger partial charge >= 0.3 is 5.97 Å². The van der Waals surface area contributed by atoms with E-state index in [0.717, 1.165) is 5.56 Å². The van der Waals surface area contributed by atoms with Crippen LogP contribution in [0.3, 0.4) is 0 Å². The third-order valence-electron chi connectivity index (χ3n) is 3.41. The number of carboxylic acids is 1. The predicted octanol–water partition coefficient (Wildman–Crippen LogP) is 0.939. The highest BCUT2D eigenvalue weighted by molar-refractivity contribution is 5.95. The molecule has 1 aliphatic rings. The second kappa shape index (κ2) is 5.92. The highest BCUT2D eigenvalue weighted by atomic mass is 16.5. The first kappa shape index (κ1) is 14.3. The molecule has 1 heterocycles. The van der Waals surface area contributed by atoms with Crippen molar-refractivity contribution in [3.05, 3.63) is 29.3 Å². The van der Waals surface area contributed by atoms with Gasteiger partial charge in [-0.1, -0.05) is 6.07 Å². The quantitative estimate of drug-likeness (QED) is 0.711. The van der Waals surface area contributed by atoms with Gasteiger partial charge in [-0.3, -0.25) is 4.79 Å². The molecule has 2 atom stereocenters. The number of rotatable bonds is 4.